The Morgan fingerprint density at radius 1 is 1.25 bits per heavy atom. The molecule has 0 bridgehead atoms. The van der Waals surface area contributed by atoms with E-state index in [1.165, 1.54) is 0 Å². The molecular formula is C18H25N3O6S. The number of fused-ring (bicyclic) bond motifs is 1. The predicted octanol–water partition coefficient (Wildman–Crippen LogP) is 1.25. The summed E-state index contributed by atoms with van der Waals surface area (Å²) in [6.45, 7) is 3.93. The van der Waals surface area contributed by atoms with Gasteiger partial charge in [-0.1, -0.05) is 20.3 Å². The second-order valence-electron chi connectivity index (χ2n) is 7.14. The molecule has 28 heavy (non-hydrogen) atoms. The standard InChI is InChI=1S/C18H25N3O6S/c1-3-11(2)16(21-18(23)20-13-6-7-28(24,25)9-13)17(22)19-12-4-5-14-15(8-12)27-10-26-14/h4-5,8,11,13,16H,3,6-7,9-10H2,1-2H3,(H,19,22)(H2,20,21,23). The first-order valence-electron chi connectivity index (χ1n) is 9.25. The highest BCUT2D eigenvalue weighted by Crippen LogP contribution is 2.34. The Balaban J connectivity index is 1.62. The summed E-state index contributed by atoms with van der Waals surface area (Å²) < 4.78 is 33.6. The van der Waals surface area contributed by atoms with E-state index in [1.807, 2.05) is 13.8 Å². The van der Waals surface area contributed by atoms with Gasteiger partial charge in [-0.15, -0.1) is 0 Å². The molecule has 1 aromatic rings. The molecule has 0 aliphatic carbocycles. The van der Waals surface area contributed by atoms with Crippen molar-refractivity contribution in [3.05, 3.63) is 18.2 Å². The fourth-order valence-electron chi connectivity index (χ4n) is 3.17. The van der Waals surface area contributed by atoms with Crippen molar-refractivity contribution in [3.8, 4) is 11.5 Å². The number of sulfone groups is 1. The SMILES string of the molecule is CCC(C)C(NC(=O)NC1CCS(=O)(=O)C1)C(=O)Nc1ccc2c(c1)OCO2. The minimum Gasteiger partial charge on any atom is -0.454 e. The van der Waals surface area contributed by atoms with Crippen LogP contribution in [-0.4, -0.2) is 50.7 Å². The highest BCUT2D eigenvalue weighted by molar-refractivity contribution is 7.91. The third-order valence-electron chi connectivity index (χ3n) is 4.99. The molecule has 2 aliphatic heterocycles. The molecule has 0 spiro atoms. The number of nitrogens with one attached hydrogen (secondary N) is 3. The number of rotatable bonds is 6. The van der Waals surface area contributed by atoms with E-state index in [2.05, 4.69) is 16.0 Å². The van der Waals surface area contributed by atoms with Crippen molar-refractivity contribution in [2.24, 2.45) is 5.92 Å². The third-order valence-corrected chi connectivity index (χ3v) is 6.76. The summed E-state index contributed by atoms with van der Waals surface area (Å²) in [4.78, 5) is 25.1. The first-order valence-corrected chi connectivity index (χ1v) is 11.1. The van der Waals surface area contributed by atoms with Gasteiger partial charge in [0.2, 0.25) is 12.7 Å². The van der Waals surface area contributed by atoms with Crippen LogP contribution in [0, 0.1) is 5.92 Å². The fraction of sp³-hybridized carbons (Fsp3) is 0.556. The molecule has 0 radical (unpaired) electrons. The van der Waals surface area contributed by atoms with E-state index in [9.17, 15) is 18.0 Å². The number of hydrogen-bond donors (Lipinski definition) is 3. The number of urea groups is 1. The summed E-state index contributed by atoms with van der Waals surface area (Å²) in [6, 6.07) is 3.32. The number of anilines is 1. The van der Waals surface area contributed by atoms with Gasteiger partial charge in [-0.2, -0.15) is 0 Å². The van der Waals surface area contributed by atoms with E-state index in [0.29, 0.717) is 30.0 Å². The van der Waals surface area contributed by atoms with Gasteiger partial charge in [-0.3, -0.25) is 4.79 Å². The van der Waals surface area contributed by atoms with E-state index in [-0.39, 0.29) is 30.1 Å². The van der Waals surface area contributed by atoms with Gasteiger partial charge in [-0.05, 0) is 24.5 Å². The molecule has 1 aromatic carbocycles. The summed E-state index contributed by atoms with van der Waals surface area (Å²) in [7, 11) is -3.10. The molecule has 0 aromatic heterocycles. The number of carbonyl (C=O) groups is 2. The molecule has 9 nitrogen and oxygen atoms in total. The Bertz CT molecular complexity index is 857. The summed E-state index contributed by atoms with van der Waals surface area (Å²) in [5, 5.41) is 8.12. The summed E-state index contributed by atoms with van der Waals surface area (Å²) >= 11 is 0. The number of ether oxygens (including phenoxy) is 2. The second kappa shape index (κ2) is 8.26. The van der Waals surface area contributed by atoms with Crippen LogP contribution in [0.5, 0.6) is 11.5 Å². The average molecular weight is 411 g/mol. The molecule has 154 valence electrons. The minimum absolute atomic E-state index is 0.0668. The van der Waals surface area contributed by atoms with Crippen LogP contribution in [0.4, 0.5) is 10.5 Å². The van der Waals surface area contributed by atoms with E-state index < -0.39 is 28.0 Å². The molecule has 1 fully saturated rings. The maximum Gasteiger partial charge on any atom is 0.315 e. The molecule has 10 heteroatoms. The molecule has 0 saturated carbocycles. The number of carbonyl (C=O) groups excluding carboxylic acids is 2. The van der Waals surface area contributed by atoms with Crippen molar-refractivity contribution in [2.45, 2.75) is 38.8 Å². The van der Waals surface area contributed by atoms with Crippen LogP contribution >= 0.6 is 0 Å². The lowest BCUT2D eigenvalue weighted by Gasteiger charge is -2.24. The Morgan fingerprint density at radius 3 is 2.68 bits per heavy atom. The van der Waals surface area contributed by atoms with E-state index in [4.69, 9.17) is 9.47 Å². The Hall–Kier alpha value is -2.49. The number of hydrogen-bond acceptors (Lipinski definition) is 6. The average Bonchev–Trinajstić information content (AvgIpc) is 3.24. The van der Waals surface area contributed by atoms with Crippen LogP contribution in [0.25, 0.3) is 0 Å². The van der Waals surface area contributed by atoms with Gasteiger partial charge in [0.25, 0.3) is 0 Å². The molecule has 2 heterocycles. The van der Waals surface area contributed by atoms with E-state index in [0.717, 1.165) is 0 Å². The van der Waals surface area contributed by atoms with E-state index >= 15 is 0 Å². The third kappa shape index (κ3) is 4.86. The monoisotopic (exact) mass is 411 g/mol. The highest BCUT2D eigenvalue weighted by atomic mass is 32.2. The molecule has 3 N–H and O–H groups in total. The summed E-state index contributed by atoms with van der Waals surface area (Å²) in [6.07, 6.45) is 1.06. The zero-order valence-corrected chi connectivity index (χ0v) is 16.7. The van der Waals surface area contributed by atoms with Crippen LogP contribution in [0.3, 0.4) is 0 Å². The van der Waals surface area contributed by atoms with Crippen LogP contribution in [0.15, 0.2) is 18.2 Å². The lowest BCUT2D eigenvalue weighted by atomic mass is 9.98. The molecule has 1 saturated heterocycles. The Labute approximate surface area is 164 Å². The Morgan fingerprint density at radius 2 is 2.00 bits per heavy atom. The molecule has 3 rings (SSSR count). The smallest absolute Gasteiger partial charge is 0.315 e. The molecule has 2 aliphatic rings. The zero-order chi connectivity index (χ0) is 20.3. The summed E-state index contributed by atoms with van der Waals surface area (Å²) in [5.74, 6) is 0.677. The van der Waals surface area contributed by atoms with Crippen LogP contribution in [0.1, 0.15) is 26.7 Å². The van der Waals surface area contributed by atoms with Crippen molar-refractivity contribution < 1.29 is 27.5 Å². The van der Waals surface area contributed by atoms with Crippen LogP contribution in [0.2, 0.25) is 0 Å². The van der Waals surface area contributed by atoms with Gasteiger partial charge in [0.05, 0.1) is 11.5 Å². The fourth-order valence-corrected chi connectivity index (χ4v) is 4.85. The number of benzene rings is 1. The molecule has 3 amide bonds. The lowest BCUT2D eigenvalue weighted by molar-refractivity contribution is -0.119. The van der Waals surface area contributed by atoms with Crippen molar-refractivity contribution in [3.63, 3.8) is 0 Å². The zero-order valence-electron chi connectivity index (χ0n) is 15.9. The van der Waals surface area contributed by atoms with Gasteiger partial charge in [0, 0.05) is 17.8 Å². The molecular weight excluding hydrogens is 386 g/mol. The van der Waals surface area contributed by atoms with Gasteiger partial charge in [0.1, 0.15) is 6.04 Å². The maximum absolute atomic E-state index is 12.8. The summed E-state index contributed by atoms with van der Waals surface area (Å²) in [5.41, 5.74) is 0.534. The highest BCUT2D eigenvalue weighted by Gasteiger charge is 2.31. The molecule has 3 atom stereocenters. The minimum atomic E-state index is -3.10. The lowest BCUT2D eigenvalue weighted by Crippen LogP contribution is -2.53. The first kappa shape index (κ1) is 20.2. The van der Waals surface area contributed by atoms with Crippen molar-refractivity contribution >= 4 is 27.5 Å². The first-order chi connectivity index (χ1) is 13.3. The quantitative estimate of drug-likeness (QED) is 0.648. The predicted molar refractivity (Wildman–Crippen MR) is 103 cm³/mol. The Kier molecular flexibility index (Phi) is 5.97. The van der Waals surface area contributed by atoms with Crippen molar-refractivity contribution in [1.82, 2.24) is 10.6 Å². The molecule has 3 unspecified atom stereocenters. The van der Waals surface area contributed by atoms with Gasteiger partial charge >= 0.3 is 6.03 Å². The largest absolute Gasteiger partial charge is 0.454 e. The maximum atomic E-state index is 12.8. The van der Waals surface area contributed by atoms with Crippen LogP contribution in [-0.2, 0) is 14.6 Å². The van der Waals surface area contributed by atoms with Gasteiger partial charge < -0.3 is 25.4 Å². The van der Waals surface area contributed by atoms with Gasteiger partial charge in [0.15, 0.2) is 21.3 Å². The van der Waals surface area contributed by atoms with E-state index in [1.54, 1.807) is 18.2 Å². The normalized spacial score (nSPS) is 21.6. The number of amides is 3. The van der Waals surface area contributed by atoms with Crippen molar-refractivity contribution in [2.75, 3.05) is 23.6 Å². The van der Waals surface area contributed by atoms with Gasteiger partial charge in [-0.25, -0.2) is 13.2 Å². The van der Waals surface area contributed by atoms with Crippen LogP contribution < -0.4 is 25.4 Å². The topological polar surface area (TPSA) is 123 Å². The second-order valence-corrected chi connectivity index (χ2v) is 9.37. The van der Waals surface area contributed by atoms with Crippen molar-refractivity contribution in [1.29, 1.82) is 0 Å².